The van der Waals surface area contributed by atoms with Crippen molar-refractivity contribution in [3.05, 3.63) is 90.2 Å². The Balaban J connectivity index is 1.66. The maximum Gasteiger partial charge on any atom is 0.173 e. The van der Waals surface area contributed by atoms with Gasteiger partial charge >= 0.3 is 0 Å². The second kappa shape index (κ2) is 7.68. The van der Waals surface area contributed by atoms with E-state index in [2.05, 4.69) is 4.98 Å². The molecule has 3 aromatic carbocycles. The molecule has 0 saturated heterocycles. The van der Waals surface area contributed by atoms with Crippen molar-refractivity contribution in [2.45, 2.75) is 5.03 Å². The highest BCUT2D eigenvalue weighted by atomic mass is 32.2. The van der Waals surface area contributed by atoms with Gasteiger partial charge in [-0.3, -0.25) is 4.79 Å². The summed E-state index contributed by atoms with van der Waals surface area (Å²) in [6.45, 7) is 0. The standard InChI is InChI=1S/C22H15FN2OS/c23-17-12-10-15(11-13-17)20(26)14-27-22-18-8-4-5-9-19(18)24-21(25-22)16-6-2-1-3-7-16/h1-13H,14H2. The second-order valence-electron chi connectivity index (χ2n) is 5.95. The largest absolute Gasteiger partial charge is 0.293 e. The lowest BCUT2D eigenvalue weighted by Crippen LogP contribution is -2.03. The number of Topliss-reactive ketones (excluding diaryl/α,β-unsaturated/α-hetero) is 1. The molecule has 3 nitrogen and oxygen atoms in total. The number of nitrogens with zero attached hydrogens (tertiary/aromatic N) is 2. The molecule has 1 aromatic heterocycles. The van der Waals surface area contributed by atoms with Crippen LogP contribution in [0.3, 0.4) is 0 Å². The van der Waals surface area contributed by atoms with Crippen LogP contribution in [0, 0.1) is 5.82 Å². The highest BCUT2D eigenvalue weighted by molar-refractivity contribution is 8.00. The van der Waals surface area contributed by atoms with Gasteiger partial charge in [0.15, 0.2) is 11.6 Å². The first kappa shape index (κ1) is 17.4. The predicted octanol–water partition coefficient (Wildman–Crippen LogP) is 5.41. The summed E-state index contributed by atoms with van der Waals surface area (Å²) in [6.07, 6.45) is 0. The van der Waals surface area contributed by atoms with Gasteiger partial charge in [-0.1, -0.05) is 60.3 Å². The summed E-state index contributed by atoms with van der Waals surface area (Å²) < 4.78 is 13.0. The summed E-state index contributed by atoms with van der Waals surface area (Å²) in [5, 5.41) is 1.67. The number of rotatable bonds is 5. The molecule has 0 fully saturated rings. The van der Waals surface area contributed by atoms with E-state index in [0.717, 1.165) is 21.5 Å². The zero-order chi connectivity index (χ0) is 18.6. The summed E-state index contributed by atoms with van der Waals surface area (Å²) in [7, 11) is 0. The van der Waals surface area contributed by atoms with Gasteiger partial charge in [-0.15, -0.1) is 0 Å². The van der Waals surface area contributed by atoms with Gasteiger partial charge in [0, 0.05) is 16.5 Å². The van der Waals surface area contributed by atoms with Crippen LogP contribution in [-0.2, 0) is 0 Å². The lowest BCUT2D eigenvalue weighted by molar-refractivity contribution is 0.102. The maximum absolute atomic E-state index is 13.0. The van der Waals surface area contributed by atoms with Crippen molar-refractivity contribution in [3.63, 3.8) is 0 Å². The molecular formula is C22H15FN2OS. The molecule has 0 N–H and O–H groups in total. The zero-order valence-electron chi connectivity index (χ0n) is 14.3. The number of para-hydroxylation sites is 1. The minimum Gasteiger partial charge on any atom is -0.293 e. The van der Waals surface area contributed by atoms with Crippen LogP contribution in [0.5, 0.6) is 0 Å². The number of carbonyl (C=O) groups is 1. The van der Waals surface area contributed by atoms with Crippen LogP contribution in [0.4, 0.5) is 4.39 Å². The Morgan fingerprint density at radius 3 is 2.33 bits per heavy atom. The van der Waals surface area contributed by atoms with E-state index in [4.69, 9.17) is 4.98 Å². The summed E-state index contributed by atoms with van der Waals surface area (Å²) in [5.41, 5.74) is 2.25. The maximum atomic E-state index is 13.0. The number of hydrogen-bond acceptors (Lipinski definition) is 4. The van der Waals surface area contributed by atoms with Crippen molar-refractivity contribution in [1.29, 1.82) is 0 Å². The summed E-state index contributed by atoms with van der Waals surface area (Å²) >= 11 is 1.37. The van der Waals surface area contributed by atoms with Gasteiger partial charge < -0.3 is 0 Å². The van der Waals surface area contributed by atoms with Crippen LogP contribution in [0.25, 0.3) is 22.3 Å². The number of ketones is 1. The van der Waals surface area contributed by atoms with E-state index in [1.54, 1.807) is 0 Å². The fraction of sp³-hybridized carbons (Fsp3) is 0.0455. The third-order valence-corrected chi connectivity index (χ3v) is 5.10. The molecule has 4 rings (SSSR count). The Labute approximate surface area is 160 Å². The van der Waals surface area contributed by atoms with Crippen molar-refractivity contribution in [1.82, 2.24) is 9.97 Å². The van der Waals surface area contributed by atoms with E-state index >= 15 is 0 Å². The van der Waals surface area contributed by atoms with Crippen LogP contribution >= 0.6 is 11.8 Å². The number of aromatic nitrogens is 2. The van der Waals surface area contributed by atoms with Gasteiger partial charge in [0.05, 0.1) is 11.3 Å². The van der Waals surface area contributed by atoms with Crippen molar-refractivity contribution in [3.8, 4) is 11.4 Å². The highest BCUT2D eigenvalue weighted by Gasteiger charge is 2.13. The minimum atomic E-state index is -0.353. The molecule has 27 heavy (non-hydrogen) atoms. The molecule has 0 spiro atoms. The molecule has 0 aliphatic heterocycles. The number of carbonyl (C=O) groups excluding carboxylic acids is 1. The number of hydrogen-bond donors (Lipinski definition) is 0. The average Bonchev–Trinajstić information content (AvgIpc) is 2.72. The molecule has 0 unspecified atom stereocenters. The molecule has 0 aliphatic carbocycles. The average molecular weight is 374 g/mol. The van der Waals surface area contributed by atoms with Gasteiger partial charge in [0.1, 0.15) is 10.8 Å². The zero-order valence-corrected chi connectivity index (χ0v) is 15.1. The lowest BCUT2D eigenvalue weighted by atomic mass is 10.1. The third-order valence-electron chi connectivity index (χ3n) is 4.11. The molecule has 0 amide bonds. The third kappa shape index (κ3) is 3.88. The van der Waals surface area contributed by atoms with Crippen LogP contribution in [0.15, 0.2) is 83.9 Å². The Bertz CT molecular complexity index is 1100. The van der Waals surface area contributed by atoms with E-state index in [9.17, 15) is 9.18 Å². The van der Waals surface area contributed by atoms with Crippen molar-refractivity contribution < 1.29 is 9.18 Å². The molecule has 0 saturated carbocycles. The molecule has 0 bridgehead atoms. The minimum absolute atomic E-state index is 0.0658. The molecule has 132 valence electrons. The molecule has 0 aliphatic rings. The SMILES string of the molecule is O=C(CSc1nc(-c2ccccc2)nc2ccccc12)c1ccc(F)cc1. The normalized spacial score (nSPS) is 10.9. The summed E-state index contributed by atoms with van der Waals surface area (Å²) in [4.78, 5) is 21.8. The summed E-state index contributed by atoms with van der Waals surface area (Å²) in [6, 6.07) is 23.1. The van der Waals surface area contributed by atoms with Crippen molar-refractivity contribution in [2.24, 2.45) is 0 Å². The molecular weight excluding hydrogens is 359 g/mol. The van der Waals surface area contributed by atoms with Gasteiger partial charge in [-0.05, 0) is 30.3 Å². The number of fused-ring (bicyclic) bond motifs is 1. The van der Waals surface area contributed by atoms with Gasteiger partial charge in [0.2, 0.25) is 0 Å². The Morgan fingerprint density at radius 2 is 1.56 bits per heavy atom. The van der Waals surface area contributed by atoms with E-state index in [1.165, 1.54) is 36.0 Å². The Morgan fingerprint density at radius 1 is 0.852 bits per heavy atom. The predicted molar refractivity (Wildman–Crippen MR) is 106 cm³/mol. The van der Waals surface area contributed by atoms with Crippen molar-refractivity contribution in [2.75, 3.05) is 5.75 Å². The van der Waals surface area contributed by atoms with Gasteiger partial charge in [-0.2, -0.15) is 0 Å². The second-order valence-corrected chi connectivity index (χ2v) is 6.92. The fourth-order valence-corrected chi connectivity index (χ4v) is 3.64. The number of thioether (sulfide) groups is 1. The fourth-order valence-electron chi connectivity index (χ4n) is 2.73. The van der Waals surface area contributed by atoms with Crippen molar-refractivity contribution >= 4 is 28.4 Å². The monoisotopic (exact) mass is 374 g/mol. The van der Waals surface area contributed by atoms with E-state index in [1.807, 2.05) is 54.6 Å². The van der Waals surface area contributed by atoms with E-state index in [-0.39, 0.29) is 17.4 Å². The first-order valence-electron chi connectivity index (χ1n) is 8.44. The smallest absolute Gasteiger partial charge is 0.173 e. The Kier molecular flexibility index (Phi) is 4.94. The number of halogens is 1. The highest BCUT2D eigenvalue weighted by Crippen LogP contribution is 2.28. The lowest BCUT2D eigenvalue weighted by Gasteiger charge is -2.08. The molecule has 5 heteroatoms. The molecule has 4 aromatic rings. The number of benzene rings is 3. The van der Waals surface area contributed by atoms with Crippen LogP contribution < -0.4 is 0 Å². The van der Waals surface area contributed by atoms with Crippen LogP contribution in [0.2, 0.25) is 0 Å². The quantitative estimate of drug-likeness (QED) is 0.266. The molecule has 1 heterocycles. The van der Waals surface area contributed by atoms with E-state index < -0.39 is 0 Å². The van der Waals surface area contributed by atoms with Gasteiger partial charge in [-0.25, -0.2) is 14.4 Å². The molecule has 0 radical (unpaired) electrons. The summed E-state index contributed by atoms with van der Waals surface area (Å²) in [5.74, 6) is 0.435. The van der Waals surface area contributed by atoms with Crippen LogP contribution in [0.1, 0.15) is 10.4 Å². The molecule has 0 atom stereocenters. The van der Waals surface area contributed by atoms with E-state index in [0.29, 0.717) is 11.4 Å². The Hall–Kier alpha value is -3.05. The topological polar surface area (TPSA) is 42.9 Å². The van der Waals surface area contributed by atoms with Crippen LogP contribution in [-0.4, -0.2) is 21.5 Å². The van der Waals surface area contributed by atoms with Gasteiger partial charge in [0.25, 0.3) is 0 Å². The first-order valence-corrected chi connectivity index (χ1v) is 9.43. The first-order chi connectivity index (χ1) is 13.2.